The summed E-state index contributed by atoms with van der Waals surface area (Å²) in [6.07, 6.45) is 3.42. The highest BCUT2D eigenvalue weighted by Gasteiger charge is 2.36. The minimum atomic E-state index is -0.445. The summed E-state index contributed by atoms with van der Waals surface area (Å²) in [7, 11) is 1.78. The first-order valence-corrected chi connectivity index (χ1v) is 8.18. The standard InChI is InChI=1S/C16H30N2O4/c1-15(2,3)22-14(19)18-13-9-12(10-13)17-11-16(20-4)5-7-21-8-6-16/h12-13,17H,5-11H2,1-4H3,(H,18,19). The van der Waals surface area contributed by atoms with Crippen molar-refractivity contribution >= 4 is 6.09 Å². The van der Waals surface area contributed by atoms with Crippen LogP contribution in [-0.2, 0) is 14.2 Å². The molecule has 1 saturated carbocycles. The molecule has 1 amide bonds. The molecule has 0 bridgehead atoms. The molecule has 0 aromatic carbocycles. The third-order valence-corrected chi connectivity index (χ3v) is 4.41. The van der Waals surface area contributed by atoms with Gasteiger partial charge in [-0.05, 0) is 33.6 Å². The smallest absolute Gasteiger partial charge is 0.407 e. The second-order valence-electron chi connectivity index (χ2n) is 7.39. The van der Waals surface area contributed by atoms with E-state index >= 15 is 0 Å². The Bertz CT molecular complexity index is 369. The van der Waals surface area contributed by atoms with Crippen LogP contribution >= 0.6 is 0 Å². The van der Waals surface area contributed by atoms with Gasteiger partial charge >= 0.3 is 6.09 Å². The molecule has 0 radical (unpaired) electrons. The summed E-state index contributed by atoms with van der Waals surface area (Å²) >= 11 is 0. The number of carbonyl (C=O) groups is 1. The number of amides is 1. The van der Waals surface area contributed by atoms with Gasteiger partial charge in [0.05, 0.1) is 5.60 Å². The molecule has 0 aromatic heterocycles. The van der Waals surface area contributed by atoms with Crippen LogP contribution in [0, 0.1) is 0 Å². The van der Waals surface area contributed by atoms with Crippen LogP contribution in [0.25, 0.3) is 0 Å². The number of rotatable bonds is 5. The largest absolute Gasteiger partial charge is 0.444 e. The van der Waals surface area contributed by atoms with Crippen LogP contribution in [0.4, 0.5) is 4.79 Å². The van der Waals surface area contributed by atoms with Gasteiger partial charge in [0.2, 0.25) is 0 Å². The van der Waals surface area contributed by atoms with Crippen molar-refractivity contribution in [1.29, 1.82) is 0 Å². The normalized spacial score (nSPS) is 27.8. The number of hydrogen-bond donors (Lipinski definition) is 2. The molecule has 2 aliphatic rings. The highest BCUT2D eigenvalue weighted by molar-refractivity contribution is 5.68. The van der Waals surface area contributed by atoms with Crippen molar-refractivity contribution in [2.75, 3.05) is 26.9 Å². The molecule has 0 atom stereocenters. The molecule has 1 heterocycles. The average Bonchev–Trinajstić information content (AvgIpc) is 2.40. The predicted molar refractivity (Wildman–Crippen MR) is 84.0 cm³/mol. The number of ether oxygens (including phenoxy) is 3. The molecule has 0 unspecified atom stereocenters. The second-order valence-corrected chi connectivity index (χ2v) is 7.39. The highest BCUT2D eigenvalue weighted by atomic mass is 16.6. The van der Waals surface area contributed by atoms with Gasteiger partial charge in [-0.1, -0.05) is 0 Å². The first-order chi connectivity index (χ1) is 10.3. The first-order valence-electron chi connectivity index (χ1n) is 8.18. The molecule has 6 nitrogen and oxygen atoms in total. The van der Waals surface area contributed by atoms with E-state index in [9.17, 15) is 4.79 Å². The minimum Gasteiger partial charge on any atom is -0.444 e. The van der Waals surface area contributed by atoms with Crippen LogP contribution in [-0.4, -0.2) is 56.2 Å². The lowest BCUT2D eigenvalue weighted by Gasteiger charge is -2.41. The lowest BCUT2D eigenvalue weighted by molar-refractivity contribution is -0.0899. The molecule has 6 heteroatoms. The molecule has 2 rings (SSSR count). The van der Waals surface area contributed by atoms with Crippen molar-refractivity contribution in [3.8, 4) is 0 Å². The molecule has 128 valence electrons. The van der Waals surface area contributed by atoms with Crippen molar-refractivity contribution in [1.82, 2.24) is 10.6 Å². The van der Waals surface area contributed by atoms with Gasteiger partial charge in [0.25, 0.3) is 0 Å². The Balaban J connectivity index is 1.64. The zero-order valence-corrected chi connectivity index (χ0v) is 14.2. The highest BCUT2D eigenvalue weighted by Crippen LogP contribution is 2.26. The van der Waals surface area contributed by atoms with Gasteiger partial charge in [-0.15, -0.1) is 0 Å². The molecule has 0 aromatic rings. The molecular weight excluding hydrogens is 284 g/mol. The maximum absolute atomic E-state index is 11.7. The second kappa shape index (κ2) is 7.15. The summed E-state index contributed by atoms with van der Waals surface area (Å²) in [6.45, 7) is 7.99. The van der Waals surface area contributed by atoms with Crippen molar-refractivity contribution < 1.29 is 19.0 Å². The topological polar surface area (TPSA) is 68.8 Å². The van der Waals surface area contributed by atoms with Gasteiger partial charge in [0.15, 0.2) is 0 Å². The SMILES string of the molecule is COC1(CNC2CC(NC(=O)OC(C)(C)C)C2)CCOCC1. The van der Waals surface area contributed by atoms with E-state index in [1.807, 2.05) is 20.8 Å². The van der Waals surface area contributed by atoms with E-state index in [1.54, 1.807) is 7.11 Å². The van der Waals surface area contributed by atoms with Crippen molar-refractivity contribution in [2.45, 2.75) is 69.7 Å². The molecule has 2 N–H and O–H groups in total. The number of hydrogen-bond acceptors (Lipinski definition) is 5. The number of nitrogens with one attached hydrogen (secondary N) is 2. The lowest BCUT2D eigenvalue weighted by atomic mass is 9.85. The Kier molecular flexibility index (Phi) is 5.69. The van der Waals surface area contributed by atoms with Gasteiger partial charge in [-0.25, -0.2) is 4.79 Å². The fraction of sp³-hybridized carbons (Fsp3) is 0.938. The van der Waals surface area contributed by atoms with E-state index in [1.165, 1.54) is 0 Å². The summed E-state index contributed by atoms with van der Waals surface area (Å²) in [5.41, 5.74) is -0.540. The molecule has 1 aliphatic heterocycles. The van der Waals surface area contributed by atoms with Gasteiger partial charge in [-0.3, -0.25) is 0 Å². The van der Waals surface area contributed by atoms with E-state index in [2.05, 4.69) is 10.6 Å². The van der Waals surface area contributed by atoms with Crippen LogP contribution in [0.5, 0.6) is 0 Å². The van der Waals surface area contributed by atoms with Gasteiger partial charge in [0.1, 0.15) is 5.60 Å². The predicted octanol–water partition coefficient (Wildman–Crippen LogP) is 1.83. The summed E-state index contributed by atoms with van der Waals surface area (Å²) < 4.78 is 16.4. The van der Waals surface area contributed by atoms with Crippen LogP contribution in [0.2, 0.25) is 0 Å². The Morgan fingerprint density at radius 1 is 1.23 bits per heavy atom. The number of carbonyl (C=O) groups excluding carboxylic acids is 1. The van der Waals surface area contributed by atoms with E-state index in [-0.39, 0.29) is 17.7 Å². The van der Waals surface area contributed by atoms with E-state index < -0.39 is 5.60 Å². The van der Waals surface area contributed by atoms with Crippen LogP contribution in [0.15, 0.2) is 0 Å². The van der Waals surface area contributed by atoms with Crippen LogP contribution < -0.4 is 10.6 Å². The van der Waals surface area contributed by atoms with E-state index in [0.717, 1.165) is 45.4 Å². The third-order valence-electron chi connectivity index (χ3n) is 4.41. The monoisotopic (exact) mass is 314 g/mol. The summed E-state index contributed by atoms with van der Waals surface area (Å²) in [6, 6.07) is 0.648. The maximum atomic E-state index is 11.7. The molecular formula is C16H30N2O4. The Hall–Kier alpha value is -0.850. The van der Waals surface area contributed by atoms with Gasteiger partial charge in [-0.2, -0.15) is 0 Å². The molecule has 1 saturated heterocycles. The molecule has 0 spiro atoms. The maximum Gasteiger partial charge on any atom is 0.407 e. The fourth-order valence-electron chi connectivity index (χ4n) is 2.90. The Morgan fingerprint density at radius 2 is 1.86 bits per heavy atom. The summed E-state index contributed by atoms with van der Waals surface area (Å²) in [5, 5.41) is 6.47. The fourth-order valence-corrected chi connectivity index (χ4v) is 2.90. The Morgan fingerprint density at radius 3 is 2.41 bits per heavy atom. The van der Waals surface area contributed by atoms with E-state index in [0.29, 0.717) is 6.04 Å². The van der Waals surface area contributed by atoms with Crippen LogP contribution in [0.3, 0.4) is 0 Å². The molecule has 1 aliphatic carbocycles. The zero-order valence-electron chi connectivity index (χ0n) is 14.2. The quantitative estimate of drug-likeness (QED) is 0.810. The number of alkyl carbamates (subject to hydrolysis) is 1. The minimum absolute atomic E-state index is 0.0953. The van der Waals surface area contributed by atoms with Crippen molar-refractivity contribution in [2.24, 2.45) is 0 Å². The Labute approximate surface area is 133 Å². The molecule has 2 fully saturated rings. The van der Waals surface area contributed by atoms with Crippen LogP contribution in [0.1, 0.15) is 46.5 Å². The average molecular weight is 314 g/mol. The zero-order chi connectivity index (χ0) is 16.2. The first kappa shape index (κ1) is 17.5. The summed E-state index contributed by atoms with van der Waals surface area (Å²) in [5.74, 6) is 0. The van der Waals surface area contributed by atoms with Crippen molar-refractivity contribution in [3.05, 3.63) is 0 Å². The van der Waals surface area contributed by atoms with E-state index in [4.69, 9.17) is 14.2 Å². The number of methoxy groups -OCH3 is 1. The summed E-state index contributed by atoms with van der Waals surface area (Å²) in [4.78, 5) is 11.7. The molecule has 22 heavy (non-hydrogen) atoms. The third kappa shape index (κ3) is 5.11. The van der Waals surface area contributed by atoms with Crippen molar-refractivity contribution in [3.63, 3.8) is 0 Å². The van der Waals surface area contributed by atoms with Gasteiger partial charge < -0.3 is 24.8 Å². The van der Waals surface area contributed by atoms with Gasteiger partial charge in [0, 0.05) is 51.8 Å². The lowest BCUT2D eigenvalue weighted by Crippen LogP contribution is -2.56.